The summed E-state index contributed by atoms with van der Waals surface area (Å²) in [6.07, 6.45) is 0.126. The van der Waals surface area contributed by atoms with E-state index in [0.717, 1.165) is 17.3 Å². The Hall–Kier alpha value is -2.53. The van der Waals surface area contributed by atoms with Gasteiger partial charge in [0.25, 0.3) is 0 Å². The first-order valence-corrected chi connectivity index (χ1v) is 10.2. The largest absolute Gasteiger partial charge is 0.426 e. The molecule has 0 saturated heterocycles. The van der Waals surface area contributed by atoms with Gasteiger partial charge in [0.1, 0.15) is 11.9 Å². The summed E-state index contributed by atoms with van der Waals surface area (Å²) in [7, 11) is 0. The van der Waals surface area contributed by atoms with Crippen LogP contribution in [-0.4, -0.2) is 56.6 Å². The van der Waals surface area contributed by atoms with E-state index in [0.29, 0.717) is 18.9 Å². The minimum Gasteiger partial charge on any atom is -0.394 e. The molecule has 2 aromatic rings. The van der Waals surface area contributed by atoms with Gasteiger partial charge in [0.2, 0.25) is 5.95 Å². The Kier molecular flexibility index (Phi) is 7.60. The molecule has 168 valence electrons. The van der Waals surface area contributed by atoms with Gasteiger partial charge in [0.05, 0.1) is 29.9 Å². The maximum atomic E-state index is 13.8. The summed E-state index contributed by atoms with van der Waals surface area (Å²) in [5.74, 6) is -0.210. The van der Waals surface area contributed by atoms with Crippen molar-refractivity contribution in [2.45, 2.75) is 45.0 Å². The number of nitrogens with one attached hydrogen (secondary N) is 2. The molecule has 0 spiro atoms. The van der Waals surface area contributed by atoms with E-state index in [4.69, 9.17) is 16.4 Å². The van der Waals surface area contributed by atoms with Gasteiger partial charge in [-0.15, -0.1) is 5.06 Å². The molecule has 2 atom stereocenters. The number of benzene rings is 1. The Morgan fingerprint density at radius 2 is 2.19 bits per heavy atom. The summed E-state index contributed by atoms with van der Waals surface area (Å²) in [4.78, 5) is 26.6. The van der Waals surface area contributed by atoms with Gasteiger partial charge in [0, 0.05) is 18.8 Å². The monoisotopic (exact) mass is 453 g/mol. The number of aliphatic hydroxyl groups is 2. The van der Waals surface area contributed by atoms with Crippen molar-refractivity contribution < 1.29 is 24.2 Å². The van der Waals surface area contributed by atoms with Crippen LogP contribution in [0.1, 0.15) is 36.7 Å². The van der Waals surface area contributed by atoms with Crippen LogP contribution in [0.25, 0.3) is 0 Å². The third kappa shape index (κ3) is 6.01. The number of aromatic nitrogens is 2. The minimum atomic E-state index is -1.37. The van der Waals surface area contributed by atoms with E-state index in [1.165, 1.54) is 17.2 Å². The van der Waals surface area contributed by atoms with Gasteiger partial charge in [-0.25, -0.2) is 19.2 Å². The Morgan fingerprint density at radius 3 is 2.87 bits per heavy atom. The van der Waals surface area contributed by atoms with Crippen molar-refractivity contribution in [3.63, 3.8) is 0 Å². The Bertz CT molecular complexity index is 932. The predicted octanol–water partition coefficient (Wildman–Crippen LogP) is 2.18. The number of halogens is 2. The Morgan fingerprint density at radius 1 is 1.42 bits per heavy atom. The molecule has 1 aliphatic rings. The van der Waals surface area contributed by atoms with Crippen molar-refractivity contribution in [1.29, 1.82) is 0 Å². The third-order valence-corrected chi connectivity index (χ3v) is 5.00. The normalized spacial score (nSPS) is 15.8. The third-order valence-electron chi connectivity index (χ3n) is 4.69. The highest BCUT2D eigenvalue weighted by molar-refractivity contribution is 6.30. The van der Waals surface area contributed by atoms with Gasteiger partial charge in [-0.3, -0.25) is 0 Å². The van der Waals surface area contributed by atoms with E-state index in [9.17, 15) is 19.4 Å². The Balaban J connectivity index is 1.67. The number of hydrogen-bond donors (Lipinski definition) is 4. The lowest BCUT2D eigenvalue weighted by atomic mass is 10.0. The van der Waals surface area contributed by atoms with Gasteiger partial charge < -0.3 is 25.7 Å². The second-order valence-corrected chi connectivity index (χ2v) is 7.91. The summed E-state index contributed by atoms with van der Waals surface area (Å²) >= 11 is 5.69. The van der Waals surface area contributed by atoms with Crippen molar-refractivity contribution in [2.75, 3.05) is 18.5 Å². The summed E-state index contributed by atoms with van der Waals surface area (Å²) in [5, 5.41) is 26.4. The number of nitrogens with zero attached hydrogens (tertiary/aromatic N) is 3. The van der Waals surface area contributed by atoms with Gasteiger partial charge in [0.15, 0.2) is 0 Å². The van der Waals surface area contributed by atoms with E-state index < -0.39 is 30.7 Å². The molecule has 9 nitrogen and oxygen atoms in total. The molecule has 0 unspecified atom stereocenters. The van der Waals surface area contributed by atoms with Crippen LogP contribution < -0.4 is 10.6 Å². The van der Waals surface area contributed by atoms with Gasteiger partial charge >= 0.3 is 6.09 Å². The lowest BCUT2D eigenvalue weighted by Crippen LogP contribution is -2.42. The number of carbonyl (C=O) groups is 1. The van der Waals surface area contributed by atoms with Gasteiger partial charge in [-0.05, 0) is 43.5 Å². The van der Waals surface area contributed by atoms with E-state index in [2.05, 4.69) is 20.6 Å². The fourth-order valence-electron chi connectivity index (χ4n) is 3.17. The summed E-state index contributed by atoms with van der Waals surface area (Å²) in [6.45, 7) is 4.01. The maximum Gasteiger partial charge on any atom is 0.426 e. The first kappa shape index (κ1) is 23.1. The van der Waals surface area contributed by atoms with Crippen LogP contribution in [-0.2, 0) is 17.8 Å². The standard InChI is InChI=1S/C20H25ClFN5O4/c1-11(2)24-19-23-8-13-5-6-27(9-16(13)25-19)31-20(30)26-18(17(29)10-28)12-3-4-14(21)15(22)7-12/h3-4,7-8,11,17-18,28-29H,5-6,9-10H2,1-2H3,(H,26,30)(H,23,24,25)/t17-,18+/m1/s1. The molecule has 1 aromatic heterocycles. The van der Waals surface area contributed by atoms with Crippen molar-refractivity contribution in [3.05, 3.63) is 52.1 Å². The zero-order chi connectivity index (χ0) is 22.5. The molecule has 0 aliphatic carbocycles. The minimum absolute atomic E-state index is 0.0936. The van der Waals surface area contributed by atoms with E-state index in [1.54, 1.807) is 6.20 Å². The van der Waals surface area contributed by atoms with Gasteiger partial charge in [-0.2, -0.15) is 0 Å². The van der Waals surface area contributed by atoms with Crippen molar-refractivity contribution >= 4 is 23.6 Å². The molecule has 4 N–H and O–H groups in total. The molecule has 1 aliphatic heterocycles. The number of rotatable bonds is 7. The second kappa shape index (κ2) is 10.2. The molecular formula is C20H25ClFN5O4. The van der Waals surface area contributed by atoms with Crippen molar-refractivity contribution in [1.82, 2.24) is 20.3 Å². The molecule has 1 aromatic carbocycles. The summed E-state index contributed by atoms with van der Waals surface area (Å²) < 4.78 is 13.8. The molecule has 31 heavy (non-hydrogen) atoms. The molecule has 2 heterocycles. The second-order valence-electron chi connectivity index (χ2n) is 7.50. The number of amides is 1. The van der Waals surface area contributed by atoms with Crippen LogP contribution in [0.15, 0.2) is 24.4 Å². The molecule has 0 bridgehead atoms. The fraction of sp³-hybridized carbons (Fsp3) is 0.450. The number of carbonyl (C=O) groups excluding carboxylic acids is 1. The number of hydrogen-bond acceptors (Lipinski definition) is 8. The van der Waals surface area contributed by atoms with Crippen LogP contribution in [0.2, 0.25) is 5.02 Å². The topological polar surface area (TPSA) is 120 Å². The van der Waals surface area contributed by atoms with Crippen molar-refractivity contribution in [2.24, 2.45) is 0 Å². The molecule has 0 saturated carbocycles. The average molecular weight is 454 g/mol. The number of aliphatic hydroxyl groups excluding tert-OH is 2. The van der Waals surface area contributed by atoms with Crippen LogP contribution >= 0.6 is 11.6 Å². The fourth-order valence-corrected chi connectivity index (χ4v) is 3.29. The quantitative estimate of drug-likeness (QED) is 0.503. The highest BCUT2D eigenvalue weighted by atomic mass is 35.5. The number of fused-ring (bicyclic) bond motifs is 1. The summed E-state index contributed by atoms with van der Waals surface area (Å²) in [5.41, 5.74) is 1.95. The maximum absolute atomic E-state index is 13.8. The molecular weight excluding hydrogens is 429 g/mol. The summed E-state index contributed by atoms with van der Waals surface area (Å²) in [6, 6.07) is 2.93. The van der Waals surface area contributed by atoms with Crippen LogP contribution in [0, 0.1) is 5.82 Å². The number of anilines is 1. The molecule has 0 radical (unpaired) electrons. The van der Waals surface area contributed by atoms with E-state index in [1.807, 2.05) is 13.8 Å². The zero-order valence-electron chi connectivity index (χ0n) is 17.2. The average Bonchev–Trinajstić information content (AvgIpc) is 2.73. The first-order chi connectivity index (χ1) is 14.8. The zero-order valence-corrected chi connectivity index (χ0v) is 17.9. The van der Waals surface area contributed by atoms with Crippen LogP contribution in [0.4, 0.5) is 15.1 Å². The molecule has 3 rings (SSSR count). The Labute approximate surface area is 184 Å². The van der Waals surface area contributed by atoms with Crippen LogP contribution in [0.3, 0.4) is 0 Å². The molecule has 11 heteroatoms. The van der Waals surface area contributed by atoms with Gasteiger partial charge in [-0.1, -0.05) is 17.7 Å². The lowest BCUT2D eigenvalue weighted by molar-refractivity contribution is -0.114. The lowest BCUT2D eigenvalue weighted by Gasteiger charge is -2.28. The highest BCUT2D eigenvalue weighted by Crippen LogP contribution is 2.23. The molecule has 1 amide bonds. The smallest absolute Gasteiger partial charge is 0.394 e. The van der Waals surface area contributed by atoms with E-state index >= 15 is 0 Å². The predicted molar refractivity (Wildman–Crippen MR) is 112 cm³/mol. The molecule has 0 fully saturated rings. The number of hydroxylamine groups is 2. The first-order valence-electron chi connectivity index (χ1n) is 9.85. The van der Waals surface area contributed by atoms with Crippen LogP contribution in [0.5, 0.6) is 0 Å². The van der Waals surface area contributed by atoms with E-state index in [-0.39, 0.29) is 23.2 Å². The highest BCUT2D eigenvalue weighted by Gasteiger charge is 2.27. The SMILES string of the molecule is CC(C)Nc1ncc2c(n1)CN(OC(=O)N[C@@H](c1ccc(Cl)c(F)c1)[C@H](O)CO)CC2. The van der Waals surface area contributed by atoms with Crippen molar-refractivity contribution in [3.8, 4) is 0 Å².